The van der Waals surface area contributed by atoms with Gasteiger partial charge in [-0.25, -0.2) is 13.6 Å². The average molecular weight is 306 g/mol. The van der Waals surface area contributed by atoms with Crippen LogP contribution in [0.25, 0.3) is 0 Å². The molecule has 8 heteroatoms. The molecule has 1 aliphatic heterocycles. The first-order valence-electron chi connectivity index (χ1n) is 5.85. The van der Waals surface area contributed by atoms with Crippen molar-refractivity contribution in [3.05, 3.63) is 23.2 Å². The van der Waals surface area contributed by atoms with Crippen molar-refractivity contribution in [2.45, 2.75) is 11.0 Å². The molecular weight excluding hydrogens is 290 g/mol. The SMILES string of the molecule is NS(=O)(=O)c1ccc(NC[C@@H]2CNCCO2)c(Cl)c1. The standard InChI is InChI=1S/C11H16ClN3O3S/c12-10-5-9(19(13,16)17)1-2-11(10)15-7-8-6-14-3-4-18-8/h1-2,5,8,14-15H,3-4,6-7H2,(H2,13,16,17)/t8-/m0/s1. The molecule has 19 heavy (non-hydrogen) atoms. The summed E-state index contributed by atoms with van der Waals surface area (Å²) >= 11 is 6.01. The van der Waals surface area contributed by atoms with Crippen molar-refractivity contribution < 1.29 is 13.2 Å². The molecule has 1 aliphatic rings. The summed E-state index contributed by atoms with van der Waals surface area (Å²) in [7, 11) is -3.72. The number of hydrogen-bond donors (Lipinski definition) is 3. The van der Waals surface area contributed by atoms with Crippen LogP contribution in [0.1, 0.15) is 0 Å². The lowest BCUT2D eigenvalue weighted by atomic mass is 10.2. The molecule has 0 aromatic heterocycles. The molecule has 0 radical (unpaired) electrons. The van der Waals surface area contributed by atoms with Gasteiger partial charge < -0.3 is 15.4 Å². The Morgan fingerprint density at radius 1 is 1.53 bits per heavy atom. The smallest absolute Gasteiger partial charge is 0.238 e. The fourth-order valence-electron chi connectivity index (χ4n) is 1.79. The summed E-state index contributed by atoms with van der Waals surface area (Å²) in [4.78, 5) is -0.00127. The molecule has 0 spiro atoms. The maximum absolute atomic E-state index is 11.2. The second-order valence-corrected chi connectivity index (χ2v) is 6.23. The van der Waals surface area contributed by atoms with Gasteiger partial charge in [-0.05, 0) is 18.2 Å². The number of nitrogens with one attached hydrogen (secondary N) is 2. The van der Waals surface area contributed by atoms with Crippen molar-refractivity contribution in [1.29, 1.82) is 0 Å². The van der Waals surface area contributed by atoms with Gasteiger partial charge in [0.1, 0.15) is 0 Å². The molecule has 1 fully saturated rings. The van der Waals surface area contributed by atoms with Crippen LogP contribution in [0.5, 0.6) is 0 Å². The number of nitrogens with two attached hydrogens (primary N) is 1. The second-order valence-electron chi connectivity index (χ2n) is 4.26. The van der Waals surface area contributed by atoms with Gasteiger partial charge in [0, 0.05) is 19.6 Å². The van der Waals surface area contributed by atoms with E-state index in [1.54, 1.807) is 6.07 Å². The molecule has 1 atom stereocenters. The van der Waals surface area contributed by atoms with Crippen LogP contribution in [0.2, 0.25) is 5.02 Å². The first-order chi connectivity index (χ1) is 8.97. The van der Waals surface area contributed by atoms with E-state index in [0.29, 0.717) is 23.9 Å². The van der Waals surface area contributed by atoms with Crippen molar-refractivity contribution >= 4 is 27.3 Å². The van der Waals surface area contributed by atoms with Gasteiger partial charge in [0.05, 0.1) is 28.3 Å². The van der Waals surface area contributed by atoms with Crippen LogP contribution >= 0.6 is 11.6 Å². The van der Waals surface area contributed by atoms with E-state index >= 15 is 0 Å². The van der Waals surface area contributed by atoms with E-state index in [1.165, 1.54) is 12.1 Å². The molecule has 1 heterocycles. The predicted octanol–water partition coefficient (Wildman–Crippen LogP) is 0.388. The van der Waals surface area contributed by atoms with E-state index in [9.17, 15) is 8.42 Å². The first kappa shape index (κ1) is 14.5. The molecule has 0 saturated carbocycles. The third-order valence-corrected chi connectivity index (χ3v) is 4.02. The van der Waals surface area contributed by atoms with Crippen molar-refractivity contribution in [2.75, 3.05) is 31.6 Å². The molecular formula is C11H16ClN3O3S. The summed E-state index contributed by atoms with van der Waals surface area (Å²) in [6, 6.07) is 4.35. The number of halogens is 1. The van der Waals surface area contributed by atoms with Crippen LogP contribution in [0.15, 0.2) is 23.1 Å². The van der Waals surface area contributed by atoms with Gasteiger partial charge in [0.25, 0.3) is 0 Å². The lowest BCUT2D eigenvalue weighted by Gasteiger charge is -2.24. The molecule has 0 aliphatic carbocycles. The number of morpholine rings is 1. The average Bonchev–Trinajstić information content (AvgIpc) is 2.37. The largest absolute Gasteiger partial charge is 0.381 e. The van der Waals surface area contributed by atoms with E-state index in [-0.39, 0.29) is 11.0 Å². The molecule has 0 unspecified atom stereocenters. The summed E-state index contributed by atoms with van der Waals surface area (Å²) in [5, 5.41) is 11.7. The molecule has 1 saturated heterocycles. The fourth-order valence-corrected chi connectivity index (χ4v) is 2.64. The predicted molar refractivity (Wildman–Crippen MR) is 73.9 cm³/mol. The maximum atomic E-state index is 11.2. The monoisotopic (exact) mass is 305 g/mol. The molecule has 4 N–H and O–H groups in total. The second kappa shape index (κ2) is 6.06. The third-order valence-electron chi connectivity index (χ3n) is 2.79. The molecule has 0 bridgehead atoms. The third kappa shape index (κ3) is 4.05. The maximum Gasteiger partial charge on any atom is 0.238 e. The number of anilines is 1. The van der Waals surface area contributed by atoms with Gasteiger partial charge in [-0.1, -0.05) is 11.6 Å². The Labute approximate surface area is 117 Å². The highest BCUT2D eigenvalue weighted by Gasteiger charge is 2.14. The fraction of sp³-hybridized carbons (Fsp3) is 0.455. The summed E-state index contributed by atoms with van der Waals surface area (Å²) in [5.74, 6) is 0. The highest BCUT2D eigenvalue weighted by atomic mass is 35.5. The first-order valence-corrected chi connectivity index (χ1v) is 7.78. The van der Waals surface area contributed by atoms with Gasteiger partial charge in [-0.2, -0.15) is 0 Å². The normalized spacial score (nSPS) is 20.2. The Morgan fingerprint density at radius 3 is 2.89 bits per heavy atom. The van der Waals surface area contributed by atoms with E-state index in [0.717, 1.165) is 13.1 Å². The molecule has 106 valence electrons. The number of hydrogen-bond acceptors (Lipinski definition) is 5. The van der Waals surface area contributed by atoms with Gasteiger partial charge in [0.2, 0.25) is 10.0 Å². The number of primary sulfonamides is 1. The topological polar surface area (TPSA) is 93.5 Å². The van der Waals surface area contributed by atoms with Crippen LogP contribution in [-0.4, -0.2) is 40.8 Å². The lowest BCUT2D eigenvalue weighted by molar-refractivity contribution is 0.0372. The zero-order valence-corrected chi connectivity index (χ0v) is 11.8. The van der Waals surface area contributed by atoms with E-state index in [1.807, 2.05) is 0 Å². The zero-order chi connectivity index (χ0) is 13.9. The van der Waals surface area contributed by atoms with E-state index in [4.69, 9.17) is 21.5 Å². The van der Waals surface area contributed by atoms with Crippen LogP contribution in [0.3, 0.4) is 0 Å². The zero-order valence-electron chi connectivity index (χ0n) is 10.2. The minimum Gasteiger partial charge on any atom is -0.381 e. The molecule has 1 aromatic carbocycles. The van der Waals surface area contributed by atoms with Crippen molar-refractivity contribution in [3.63, 3.8) is 0 Å². The molecule has 0 amide bonds. The Morgan fingerprint density at radius 2 is 2.32 bits per heavy atom. The number of rotatable bonds is 4. The summed E-state index contributed by atoms with van der Waals surface area (Å²) in [6.07, 6.45) is 0.0720. The molecule has 6 nitrogen and oxygen atoms in total. The highest BCUT2D eigenvalue weighted by molar-refractivity contribution is 7.89. The van der Waals surface area contributed by atoms with E-state index < -0.39 is 10.0 Å². The van der Waals surface area contributed by atoms with Crippen molar-refractivity contribution in [1.82, 2.24) is 5.32 Å². The number of sulfonamides is 1. The highest BCUT2D eigenvalue weighted by Crippen LogP contribution is 2.24. The quantitative estimate of drug-likeness (QED) is 0.748. The number of ether oxygens (including phenoxy) is 1. The van der Waals surface area contributed by atoms with Crippen molar-refractivity contribution in [3.8, 4) is 0 Å². The Balaban J connectivity index is 2.01. The Kier molecular flexibility index (Phi) is 4.64. The minimum atomic E-state index is -3.72. The van der Waals surface area contributed by atoms with Gasteiger partial charge in [-0.3, -0.25) is 0 Å². The van der Waals surface area contributed by atoms with Gasteiger partial charge >= 0.3 is 0 Å². The molecule has 2 rings (SSSR count). The van der Waals surface area contributed by atoms with Gasteiger partial charge in [0.15, 0.2) is 0 Å². The van der Waals surface area contributed by atoms with Crippen LogP contribution in [-0.2, 0) is 14.8 Å². The Bertz CT molecular complexity index is 544. The van der Waals surface area contributed by atoms with Crippen LogP contribution < -0.4 is 15.8 Å². The number of benzene rings is 1. The minimum absolute atomic E-state index is 0.00127. The van der Waals surface area contributed by atoms with E-state index in [2.05, 4.69) is 10.6 Å². The lowest BCUT2D eigenvalue weighted by Crippen LogP contribution is -2.42. The van der Waals surface area contributed by atoms with Gasteiger partial charge in [-0.15, -0.1) is 0 Å². The van der Waals surface area contributed by atoms with Crippen molar-refractivity contribution in [2.24, 2.45) is 5.14 Å². The summed E-state index contributed by atoms with van der Waals surface area (Å²) < 4.78 is 27.9. The van der Waals surface area contributed by atoms with Crippen LogP contribution in [0.4, 0.5) is 5.69 Å². The summed E-state index contributed by atoms with van der Waals surface area (Å²) in [5.41, 5.74) is 0.656. The Hall–Kier alpha value is -0.860. The molecule has 1 aromatic rings. The summed E-state index contributed by atoms with van der Waals surface area (Å²) in [6.45, 7) is 2.92. The van der Waals surface area contributed by atoms with Crippen LogP contribution in [0, 0.1) is 0 Å².